The van der Waals surface area contributed by atoms with E-state index in [0.717, 1.165) is 30.8 Å². The van der Waals surface area contributed by atoms with E-state index in [1.54, 1.807) is 0 Å². The standard InChI is InChI=1S/C63H126N3.C2HF3O2.ClH/c1-7-10-13-15-17-19-21-23-25-27-29-31-33-35-37-39-48-62(49-40-38-36-34-32-30-28-26-24-22-20-18-16-14-11-8-2)50-41-42-51-63(53-52-61(6)47-45-46-60(4)5)64-54-43-44-56-66-58-57-65(59-66)55-12-9-3;3-2(4,5)1(6)7;/h57-64H,7-56H2,1-6H3;(H,6,7);1H/q+1;;/p-1. The molecular formula is C65H127ClF3N3O2. The van der Waals surface area contributed by atoms with E-state index < -0.39 is 12.1 Å². The third-order valence-corrected chi connectivity index (χ3v) is 15.9. The van der Waals surface area contributed by atoms with Crippen molar-refractivity contribution in [3.8, 4) is 0 Å². The Kier molecular flexibility index (Phi) is 57.0. The molecule has 442 valence electrons. The summed E-state index contributed by atoms with van der Waals surface area (Å²) in [5.41, 5.74) is 0. The summed E-state index contributed by atoms with van der Waals surface area (Å²) in [5.74, 6) is -0.320. The van der Waals surface area contributed by atoms with E-state index in [2.05, 4.69) is 74.7 Å². The predicted octanol–water partition coefficient (Wildman–Crippen LogP) is 20.8. The van der Waals surface area contributed by atoms with E-state index >= 15 is 0 Å². The summed E-state index contributed by atoms with van der Waals surface area (Å²) < 4.78 is 36.3. The fraction of sp³-hybridized carbons (Fsp3) is 0.938. The van der Waals surface area contributed by atoms with Gasteiger partial charge in [-0.1, -0.05) is 305 Å². The van der Waals surface area contributed by atoms with Crippen LogP contribution in [0.1, 0.15) is 343 Å². The quantitative estimate of drug-likeness (QED) is 0.0522. The Morgan fingerprint density at radius 3 is 1.26 bits per heavy atom. The second-order valence-electron chi connectivity index (χ2n) is 23.7. The summed E-state index contributed by atoms with van der Waals surface area (Å²) in [4.78, 5) is 8.78. The van der Waals surface area contributed by atoms with Crippen LogP contribution in [0.5, 0.6) is 0 Å². The number of carbonyl (C=O) groups excluding carboxylic acids is 1. The second kappa shape index (κ2) is 56.4. The van der Waals surface area contributed by atoms with Crippen molar-refractivity contribution in [1.82, 2.24) is 9.88 Å². The first-order chi connectivity index (χ1) is 35.4. The molecule has 1 rings (SSSR count). The number of aromatic nitrogens is 2. The molecule has 0 aliphatic carbocycles. The predicted molar refractivity (Wildman–Crippen MR) is 316 cm³/mol. The van der Waals surface area contributed by atoms with Gasteiger partial charge in [0.2, 0.25) is 6.33 Å². The minimum absolute atomic E-state index is 0. The summed E-state index contributed by atoms with van der Waals surface area (Å²) >= 11 is 0. The van der Waals surface area contributed by atoms with Crippen LogP contribution in [-0.4, -0.2) is 29.3 Å². The maximum absolute atomic E-state index is 10.5. The zero-order valence-corrected chi connectivity index (χ0v) is 51.0. The van der Waals surface area contributed by atoms with Crippen LogP contribution in [0.15, 0.2) is 18.7 Å². The third kappa shape index (κ3) is 54.1. The normalized spacial score (nSPS) is 12.6. The molecular weight excluding hydrogens is 947 g/mol. The Morgan fingerprint density at radius 2 is 0.865 bits per heavy atom. The van der Waals surface area contributed by atoms with Crippen LogP contribution >= 0.6 is 12.4 Å². The maximum Gasteiger partial charge on any atom is 0.430 e. The van der Waals surface area contributed by atoms with Crippen molar-refractivity contribution in [3.05, 3.63) is 18.7 Å². The molecule has 2 unspecified atom stereocenters. The fourth-order valence-corrected chi connectivity index (χ4v) is 10.8. The van der Waals surface area contributed by atoms with E-state index in [1.165, 1.54) is 308 Å². The van der Waals surface area contributed by atoms with E-state index in [0.29, 0.717) is 6.04 Å². The minimum Gasteiger partial charge on any atom is -0.542 e. The molecule has 0 aliphatic heterocycles. The van der Waals surface area contributed by atoms with Gasteiger partial charge in [-0.3, -0.25) is 0 Å². The maximum atomic E-state index is 10.5. The lowest BCUT2D eigenvalue weighted by atomic mass is 9.88. The van der Waals surface area contributed by atoms with Gasteiger partial charge in [0.15, 0.2) is 0 Å². The number of nitrogens with zero attached hydrogens (tertiary/aromatic N) is 2. The Hall–Kier alpha value is -1.28. The summed E-state index contributed by atoms with van der Waals surface area (Å²) in [6.07, 6.45) is 69.6. The van der Waals surface area contributed by atoms with E-state index in [9.17, 15) is 13.2 Å². The average Bonchev–Trinajstić information content (AvgIpc) is 3.82. The number of hydrogen-bond acceptors (Lipinski definition) is 3. The highest BCUT2D eigenvalue weighted by Crippen LogP contribution is 2.26. The molecule has 2 atom stereocenters. The highest BCUT2D eigenvalue weighted by atomic mass is 35.5. The average molecular weight is 1080 g/mol. The van der Waals surface area contributed by atoms with Gasteiger partial charge in [0.1, 0.15) is 18.4 Å². The first kappa shape index (κ1) is 74.8. The van der Waals surface area contributed by atoms with Crippen molar-refractivity contribution in [2.24, 2.45) is 17.8 Å². The lowest BCUT2D eigenvalue weighted by molar-refractivity contribution is -0.696. The van der Waals surface area contributed by atoms with Crippen LogP contribution in [-0.2, 0) is 17.9 Å². The number of carbonyl (C=O) groups is 1. The monoisotopic (exact) mass is 1070 g/mol. The Morgan fingerprint density at radius 1 is 0.486 bits per heavy atom. The third-order valence-electron chi connectivity index (χ3n) is 15.9. The largest absolute Gasteiger partial charge is 0.542 e. The molecule has 1 aromatic heterocycles. The van der Waals surface area contributed by atoms with E-state index in [1.807, 2.05) is 0 Å². The topological polar surface area (TPSA) is 61.0 Å². The van der Waals surface area contributed by atoms with Crippen molar-refractivity contribution in [1.29, 1.82) is 0 Å². The Labute approximate surface area is 465 Å². The smallest absolute Gasteiger partial charge is 0.430 e. The Bertz CT molecular complexity index is 1230. The number of carboxylic acid groups (broad SMARTS) is 1. The highest BCUT2D eigenvalue weighted by molar-refractivity contribution is 5.85. The first-order valence-corrected chi connectivity index (χ1v) is 32.5. The van der Waals surface area contributed by atoms with Crippen molar-refractivity contribution < 1.29 is 27.6 Å². The molecule has 0 saturated carbocycles. The number of rotatable bonds is 55. The van der Waals surface area contributed by atoms with Crippen LogP contribution < -0.4 is 15.0 Å². The lowest BCUT2D eigenvalue weighted by Gasteiger charge is -2.22. The number of aliphatic carboxylic acids is 1. The highest BCUT2D eigenvalue weighted by Gasteiger charge is 2.29. The number of halogens is 4. The number of imidazole rings is 1. The zero-order chi connectivity index (χ0) is 53.7. The molecule has 5 nitrogen and oxygen atoms in total. The summed E-state index contributed by atoms with van der Waals surface area (Å²) in [7, 11) is 0. The number of aryl methyl sites for hydroxylation is 2. The molecule has 0 aliphatic rings. The van der Waals surface area contributed by atoms with Crippen LogP contribution in [0.2, 0.25) is 0 Å². The van der Waals surface area contributed by atoms with Crippen molar-refractivity contribution >= 4 is 18.4 Å². The minimum atomic E-state index is -5.19. The van der Waals surface area contributed by atoms with Crippen molar-refractivity contribution in [2.45, 2.75) is 369 Å². The molecule has 9 heteroatoms. The Balaban J connectivity index is 0. The van der Waals surface area contributed by atoms with Crippen LogP contribution in [0.4, 0.5) is 13.2 Å². The molecule has 74 heavy (non-hydrogen) atoms. The summed E-state index contributed by atoms with van der Waals surface area (Å²) in [5, 5.41) is 12.9. The van der Waals surface area contributed by atoms with Gasteiger partial charge in [-0.25, -0.2) is 9.13 Å². The molecule has 0 spiro atoms. The molecule has 1 aromatic rings. The molecule has 0 aromatic carbocycles. The summed E-state index contributed by atoms with van der Waals surface area (Å²) in [6, 6.07) is 0.708. The number of alkyl halides is 3. The van der Waals surface area contributed by atoms with Gasteiger partial charge >= 0.3 is 6.18 Å². The van der Waals surface area contributed by atoms with Crippen LogP contribution in [0, 0.1) is 17.8 Å². The van der Waals surface area contributed by atoms with Crippen molar-refractivity contribution in [2.75, 3.05) is 6.54 Å². The van der Waals surface area contributed by atoms with Gasteiger partial charge in [-0.15, -0.1) is 12.4 Å². The lowest BCUT2D eigenvalue weighted by Crippen LogP contribution is -2.37. The fourth-order valence-electron chi connectivity index (χ4n) is 10.8. The van der Waals surface area contributed by atoms with Gasteiger partial charge in [-0.05, 0) is 62.8 Å². The molecule has 0 radical (unpaired) electrons. The SMILES string of the molecule is CCCCCCCCCCCCCCCCCCC(CCCCCCCCCCCCCCCCCC)CCCCC(CCC(C)CCCC(C)C)NCCCC[n+]1ccn(CCCC)c1.Cl.O=C([O-])C(F)(F)F. The van der Waals surface area contributed by atoms with Gasteiger partial charge in [0.05, 0.1) is 13.1 Å². The molecule has 0 fully saturated rings. The van der Waals surface area contributed by atoms with Crippen molar-refractivity contribution in [3.63, 3.8) is 0 Å². The molecule has 1 heterocycles. The number of nitrogens with one attached hydrogen (secondary N) is 1. The molecule has 0 bridgehead atoms. The van der Waals surface area contributed by atoms with E-state index in [-0.39, 0.29) is 12.4 Å². The van der Waals surface area contributed by atoms with Crippen LogP contribution in [0.25, 0.3) is 0 Å². The van der Waals surface area contributed by atoms with E-state index in [4.69, 9.17) is 9.90 Å². The zero-order valence-electron chi connectivity index (χ0n) is 50.1. The van der Waals surface area contributed by atoms with Gasteiger partial charge < -0.3 is 15.2 Å². The number of unbranched alkanes of at least 4 members (excludes halogenated alkanes) is 33. The van der Waals surface area contributed by atoms with Gasteiger partial charge in [-0.2, -0.15) is 13.2 Å². The summed E-state index contributed by atoms with van der Waals surface area (Å²) in [6.45, 7) is 17.7. The number of carboxylic acids is 1. The molecule has 0 saturated heterocycles. The second-order valence-corrected chi connectivity index (χ2v) is 23.7. The number of hydrogen-bond donors (Lipinski definition) is 1. The first-order valence-electron chi connectivity index (χ1n) is 32.5. The molecule has 1 N–H and O–H groups in total. The molecule has 0 amide bonds. The van der Waals surface area contributed by atoms with Gasteiger partial charge in [0, 0.05) is 6.04 Å². The van der Waals surface area contributed by atoms with Gasteiger partial charge in [0.25, 0.3) is 0 Å². The van der Waals surface area contributed by atoms with Crippen LogP contribution in [0.3, 0.4) is 0 Å².